The van der Waals surface area contributed by atoms with Crippen LogP contribution in [0.25, 0.3) is 10.4 Å². The number of hydrogen-bond donors (Lipinski definition) is 5. The fourth-order valence-corrected chi connectivity index (χ4v) is 5.99. The van der Waals surface area contributed by atoms with E-state index in [-0.39, 0.29) is 11.9 Å². The molecule has 0 bridgehead atoms. The Balaban J connectivity index is 1.19. The number of nitrogens with one attached hydrogen (secondary N) is 5. The summed E-state index contributed by atoms with van der Waals surface area (Å²) in [5.74, 6) is 0.751. The fourth-order valence-electron chi connectivity index (χ4n) is 5.02. The van der Waals surface area contributed by atoms with Crippen LogP contribution in [0, 0.1) is 12.8 Å². The lowest BCUT2D eigenvalue weighted by Crippen LogP contribution is -2.51. The summed E-state index contributed by atoms with van der Waals surface area (Å²) in [4.78, 5) is 15.8. The van der Waals surface area contributed by atoms with Gasteiger partial charge in [0.15, 0.2) is 0 Å². The molecular weight excluding hydrogens is 478 g/mol. The highest BCUT2D eigenvalue weighted by molar-refractivity contribution is 7.15. The number of carbonyl (C=O) groups is 1. The zero-order chi connectivity index (χ0) is 25.6. The SMILES string of the molecule is Cc1ccc(NC2CNC2)cc1C(=O)N[C@H](C)c1cccc(-c2ccc(CNCC3CCNCC3)s2)c1. The van der Waals surface area contributed by atoms with Crippen LogP contribution in [0.3, 0.4) is 0 Å². The maximum Gasteiger partial charge on any atom is 0.252 e. The normalized spacial score (nSPS) is 17.2. The van der Waals surface area contributed by atoms with E-state index in [1.54, 1.807) is 0 Å². The summed E-state index contributed by atoms with van der Waals surface area (Å²) in [7, 11) is 0. The van der Waals surface area contributed by atoms with Gasteiger partial charge < -0.3 is 26.6 Å². The Bertz CT molecular complexity index is 1200. The highest BCUT2D eigenvalue weighted by atomic mass is 32.1. The average Bonchev–Trinajstić information content (AvgIpc) is 3.37. The summed E-state index contributed by atoms with van der Waals surface area (Å²) < 4.78 is 0. The highest BCUT2D eigenvalue weighted by Crippen LogP contribution is 2.30. The predicted molar refractivity (Wildman–Crippen MR) is 154 cm³/mol. The van der Waals surface area contributed by atoms with E-state index in [1.165, 1.54) is 28.2 Å². The lowest BCUT2D eigenvalue weighted by Gasteiger charge is -2.29. The van der Waals surface area contributed by atoms with E-state index >= 15 is 0 Å². The summed E-state index contributed by atoms with van der Waals surface area (Å²) in [6.07, 6.45) is 2.54. The van der Waals surface area contributed by atoms with E-state index < -0.39 is 0 Å². The molecule has 2 aromatic carbocycles. The molecule has 2 aliphatic rings. The summed E-state index contributed by atoms with van der Waals surface area (Å²) in [6.45, 7) is 10.3. The first-order valence-corrected chi connectivity index (χ1v) is 14.4. The van der Waals surface area contributed by atoms with E-state index in [4.69, 9.17) is 0 Å². The van der Waals surface area contributed by atoms with E-state index in [1.807, 2.05) is 30.4 Å². The quantitative estimate of drug-likeness (QED) is 0.270. The molecule has 0 aliphatic carbocycles. The molecular formula is C30H39N5OS. The molecule has 0 radical (unpaired) electrons. The van der Waals surface area contributed by atoms with Gasteiger partial charge in [-0.05, 0) is 99.3 Å². The summed E-state index contributed by atoms with van der Waals surface area (Å²) in [6, 6.07) is 19.4. The van der Waals surface area contributed by atoms with Crippen LogP contribution >= 0.6 is 11.3 Å². The predicted octanol–water partition coefficient (Wildman–Crippen LogP) is 4.69. The third-order valence-electron chi connectivity index (χ3n) is 7.51. The van der Waals surface area contributed by atoms with Gasteiger partial charge in [0.25, 0.3) is 5.91 Å². The van der Waals surface area contributed by atoms with Crippen LogP contribution in [0.2, 0.25) is 0 Å². The van der Waals surface area contributed by atoms with Crippen LogP contribution in [-0.2, 0) is 6.54 Å². The fraction of sp³-hybridized carbons (Fsp3) is 0.433. The Morgan fingerprint density at radius 1 is 1.05 bits per heavy atom. The van der Waals surface area contributed by atoms with E-state index in [9.17, 15) is 4.79 Å². The Kier molecular flexibility index (Phi) is 8.56. The van der Waals surface area contributed by atoms with Crippen molar-refractivity contribution in [2.45, 2.75) is 45.3 Å². The maximum absolute atomic E-state index is 13.2. The maximum atomic E-state index is 13.2. The van der Waals surface area contributed by atoms with Crippen molar-refractivity contribution in [2.75, 3.05) is 38.0 Å². The van der Waals surface area contributed by atoms with E-state index in [2.05, 4.69) is 76.0 Å². The smallest absolute Gasteiger partial charge is 0.252 e. The first-order valence-electron chi connectivity index (χ1n) is 13.5. The summed E-state index contributed by atoms with van der Waals surface area (Å²) in [5, 5.41) is 17.1. The number of hydrogen-bond acceptors (Lipinski definition) is 6. The molecule has 5 N–H and O–H groups in total. The Morgan fingerprint density at radius 3 is 2.68 bits per heavy atom. The van der Waals surface area contributed by atoms with Gasteiger partial charge >= 0.3 is 0 Å². The number of carbonyl (C=O) groups excluding carboxylic acids is 1. The van der Waals surface area contributed by atoms with Crippen molar-refractivity contribution in [1.29, 1.82) is 0 Å². The van der Waals surface area contributed by atoms with Gasteiger partial charge in [-0.1, -0.05) is 24.3 Å². The van der Waals surface area contributed by atoms with Crippen LogP contribution in [0.5, 0.6) is 0 Å². The minimum atomic E-state index is -0.0922. The molecule has 1 aromatic heterocycles. The van der Waals surface area contributed by atoms with Crippen LogP contribution in [0.4, 0.5) is 5.69 Å². The molecule has 1 amide bonds. The van der Waals surface area contributed by atoms with Gasteiger partial charge in [-0.25, -0.2) is 0 Å². The van der Waals surface area contributed by atoms with Crippen LogP contribution in [0.1, 0.15) is 52.2 Å². The molecule has 6 nitrogen and oxygen atoms in total. The third kappa shape index (κ3) is 6.79. The zero-order valence-corrected chi connectivity index (χ0v) is 22.7. The van der Waals surface area contributed by atoms with Crippen molar-refractivity contribution >= 4 is 22.9 Å². The van der Waals surface area contributed by atoms with Gasteiger partial charge in [0.2, 0.25) is 0 Å². The van der Waals surface area contributed by atoms with Gasteiger partial charge in [0.05, 0.1) is 12.1 Å². The first kappa shape index (κ1) is 25.9. The van der Waals surface area contributed by atoms with Crippen molar-refractivity contribution in [1.82, 2.24) is 21.3 Å². The topological polar surface area (TPSA) is 77.2 Å². The second kappa shape index (κ2) is 12.2. The summed E-state index contributed by atoms with van der Waals surface area (Å²) >= 11 is 1.85. The van der Waals surface area contributed by atoms with Gasteiger partial charge in [-0.2, -0.15) is 0 Å². The monoisotopic (exact) mass is 517 g/mol. The van der Waals surface area contributed by atoms with E-state index in [0.29, 0.717) is 6.04 Å². The minimum Gasteiger partial charge on any atom is -0.380 e. The van der Waals surface area contributed by atoms with Gasteiger partial charge in [-0.3, -0.25) is 4.79 Å². The largest absolute Gasteiger partial charge is 0.380 e. The molecule has 2 aliphatic heterocycles. The highest BCUT2D eigenvalue weighted by Gasteiger charge is 2.19. The number of aryl methyl sites for hydroxylation is 1. The third-order valence-corrected chi connectivity index (χ3v) is 8.64. The number of benzene rings is 2. The number of thiophene rings is 1. The number of rotatable bonds is 10. The lowest BCUT2D eigenvalue weighted by molar-refractivity contribution is 0.0939. The van der Waals surface area contributed by atoms with Gasteiger partial charge in [-0.15, -0.1) is 11.3 Å². The van der Waals surface area contributed by atoms with Crippen molar-refractivity contribution in [2.24, 2.45) is 5.92 Å². The molecule has 7 heteroatoms. The molecule has 2 fully saturated rings. The Labute approximate surface area is 224 Å². The van der Waals surface area contributed by atoms with Crippen molar-refractivity contribution < 1.29 is 4.79 Å². The molecule has 0 saturated carbocycles. The van der Waals surface area contributed by atoms with Crippen molar-refractivity contribution in [3.8, 4) is 10.4 Å². The van der Waals surface area contributed by atoms with Crippen molar-refractivity contribution in [3.05, 3.63) is 76.2 Å². The first-order chi connectivity index (χ1) is 18.0. The number of piperidine rings is 1. The minimum absolute atomic E-state index is 0.0379. The molecule has 2 saturated heterocycles. The summed E-state index contributed by atoms with van der Waals surface area (Å²) in [5.41, 5.74) is 5.01. The van der Waals surface area contributed by atoms with Gasteiger partial charge in [0, 0.05) is 40.6 Å². The Morgan fingerprint density at radius 2 is 1.89 bits per heavy atom. The molecule has 5 rings (SSSR count). The van der Waals surface area contributed by atoms with E-state index in [0.717, 1.165) is 67.6 Å². The zero-order valence-electron chi connectivity index (χ0n) is 21.9. The lowest BCUT2D eigenvalue weighted by atomic mass is 9.98. The van der Waals surface area contributed by atoms with Crippen molar-refractivity contribution in [3.63, 3.8) is 0 Å². The average molecular weight is 518 g/mol. The van der Waals surface area contributed by atoms with Crippen LogP contribution in [-0.4, -0.2) is 44.7 Å². The van der Waals surface area contributed by atoms with Crippen LogP contribution < -0.4 is 26.6 Å². The molecule has 196 valence electrons. The molecule has 3 aromatic rings. The second-order valence-electron chi connectivity index (χ2n) is 10.4. The Hall–Kier alpha value is -2.71. The number of amides is 1. The molecule has 3 heterocycles. The standard InChI is InChI=1S/C30H39N5OS/c1-20-6-7-25(35-26-17-33-18-26)15-28(20)30(36)34-21(2)23-4-3-5-24(14-23)29-9-8-27(37-29)19-32-16-22-10-12-31-13-11-22/h3-9,14-15,21-22,26,31-33,35H,10-13,16-19H2,1-2H3,(H,34,36)/t21-/m1/s1. The van der Waals surface area contributed by atoms with Gasteiger partial charge in [0.1, 0.15) is 0 Å². The molecule has 0 spiro atoms. The molecule has 0 unspecified atom stereocenters. The molecule has 37 heavy (non-hydrogen) atoms. The van der Waals surface area contributed by atoms with Crippen LogP contribution in [0.15, 0.2) is 54.6 Å². The number of anilines is 1. The molecule has 1 atom stereocenters. The second-order valence-corrected chi connectivity index (χ2v) is 11.6.